The van der Waals surface area contributed by atoms with Crippen LogP contribution < -0.4 is 24.3 Å². The van der Waals surface area contributed by atoms with Gasteiger partial charge in [-0.3, -0.25) is 4.79 Å². The van der Waals surface area contributed by atoms with Gasteiger partial charge in [-0.25, -0.2) is 0 Å². The predicted molar refractivity (Wildman–Crippen MR) is 124 cm³/mol. The molecule has 1 heterocycles. The van der Waals surface area contributed by atoms with Crippen LogP contribution in [-0.2, 0) is 9.63 Å². The van der Waals surface area contributed by atoms with E-state index < -0.39 is 12.5 Å². The van der Waals surface area contributed by atoms with E-state index in [0.717, 1.165) is 5.56 Å². The summed E-state index contributed by atoms with van der Waals surface area (Å²) in [4.78, 5) is 17.6. The van der Waals surface area contributed by atoms with E-state index in [1.807, 2.05) is 0 Å². The lowest BCUT2D eigenvalue weighted by atomic mass is 10.0. The quantitative estimate of drug-likeness (QED) is 0.337. The zero-order chi connectivity index (χ0) is 24.8. The maximum atomic E-state index is 12.9. The number of benzene rings is 3. The average molecular weight is 484 g/mol. The topological polar surface area (TPSA) is 87.6 Å². The van der Waals surface area contributed by atoms with Gasteiger partial charge in [-0.15, -0.1) is 0 Å². The fraction of sp³-hybridized carbons (Fsp3) is 0.200. The first-order valence-electron chi connectivity index (χ1n) is 10.5. The lowest BCUT2D eigenvalue weighted by Crippen LogP contribution is -2.17. The number of anilines is 1. The lowest BCUT2D eigenvalue weighted by Gasteiger charge is -2.14. The molecule has 0 aliphatic carbocycles. The summed E-state index contributed by atoms with van der Waals surface area (Å²) < 4.78 is 46.2. The average Bonchev–Trinajstić information content (AvgIpc) is 3.33. The molecule has 1 N–H and O–H groups in total. The van der Waals surface area contributed by atoms with Gasteiger partial charge in [0.25, 0.3) is 5.91 Å². The number of hydrogen-bond donors (Lipinski definition) is 1. The molecular weight excluding hydrogens is 462 g/mol. The van der Waals surface area contributed by atoms with Crippen molar-refractivity contribution < 1.29 is 37.4 Å². The molecule has 0 saturated heterocycles. The number of amides is 1. The summed E-state index contributed by atoms with van der Waals surface area (Å²) in [6.45, 7) is -1.44. The van der Waals surface area contributed by atoms with E-state index in [1.165, 1.54) is 19.2 Å². The summed E-state index contributed by atoms with van der Waals surface area (Å²) in [5, 5.41) is 6.64. The second-order valence-electron chi connectivity index (χ2n) is 7.38. The standard InChI is InChI=1S/C25H22F2N2O6/c1-15(17-5-9-22-23(11-17)33-14-32-22)29-34-13-24(30)28-18-6-10-21(35-25(26)27)20(12-18)16-3-7-19(31-2)8-4-16/h3-12,25H,13-14H2,1-2H3,(H,28,30). The van der Waals surface area contributed by atoms with Gasteiger partial charge in [0.05, 0.1) is 12.8 Å². The number of nitrogens with one attached hydrogen (secondary N) is 1. The second kappa shape index (κ2) is 10.7. The Bertz CT molecular complexity index is 1230. The van der Waals surface area contributed by atoms with Crippen molar-refractivity contribution in [3.63, 3.8) is 0 Å². The van der Waals surface area contributed by atoms with Crippen molar-refractivity contribution in [3.05, 3.63) is 66.2 Å². The third-order valence-corrected chi connectivity index (χ3v) is 5.07. The van der Waals surface area contributed by atoms with Gasteiger partial charge in [-0.1, -0.05) is 17.3 Å². The molecule has 0 radical (unpaired) electrons. The molecule has 182 valence electrons. The Morgan fingerprint density at radius 3 is 2.57 bits per heavy atom. The Kier molecular flexibility index (Phi) is 7.30. The van der Waals surface area contributed by atoms with Crippen LogP contribution in [0.25, 0.3) is 11.1 Å². The molecule has 0 aromatic heterocycles. The lowest BCUT2D eigenvalue weighted by molar-refractivity contribution is -0.120. The van der Waals surface area contributed by atoms with Gasteiger partial charge >= 0.3 is 6.61 Å². The van der Waals surface area contributed by atoms with E-state index in [0.29, 0.717) is 39.8 Å². The zero-order valence-corrected chi connectivity index (χ0v) is 18.9. The highest BCUT2D eigenvalue weighted by Gasteiger charge is 2.15. The number of carbonyl (C=O) groups is 1. The summed E-state index contributed by atoms with van der Waals surface area (Å²) >= 11 is 0. The van der Waals surface area contributed by atoms with E-state index in [4.69, 9.17) is 19.0 Å². The van der Waals surface area contributed by atoms with E-state index in [-0.39, 0.29) is 19.1 Å². The molecule has 35 heavy (non-hydrogen) atoms. The van der Waals surface area contributed by atoms with E-state index >= 15 is 0 Å². The smallest absolute Gasteiger partial charge is 0.387 e. The van der Waals surface area contributed by atoms with Crippen LogP contribution in [0.15, 0.2) is 65.8 Å². The molecule has 8 nitrogen and oxygen atoms in total. The third kappa shape index (κ3) is 5.97. The first-order valence-corrected chi connectivity index (χ1v) is 10.5. The van der Waals surface area contributed by atoms with Crippen LogP contribution in [0.2, 0.25) is 0 Å². The number of ether oxygens (including phenoxy) is 4. The van der Waals surface area contributed by atoms with Gasteiger partial charge in [0.1, 0.15) is 11.5 Å². The molecule has 0 atom stereocenters. The molecule has 0 spiro atoms. The van der Waals surface area contributed by atoms with Crippen LogP contribution in [-0.4, -0.2) is 38.7 Å². The van der Waals surface area contributed by atoms with Crippen molar-refractivity contribution in [2.45, 2.75) is 13.5 Å². The molecule has 0 unspecified atom stereocenters. The fourth-order valence-electron chi connectivity index (χ4n) is 3.36. The molecule has 1 amide bonds. The highest BCUT2D eigenvalue weighted by Crippen LogP contribution is 2.35. The summed E-state index contributed by atoms with van der Waals surface area (Å²) in [5.41, 5.74) is 2.67. The van der Waals surface area contributed by atoms with Gasteiger partial charge in [-0.05, 0) is 61.0 Å². The minimum atomic E-state index is -2.99. The summed E-state index contributed by atoms with van der Waals surface area (Å²) in [6.07, 6.45) is 0. The largest absolute Gasteiger partial charge is 0.497 e. The summed E-state index contributed by atoms with van der Waals surface area (Å²) in [5.74, 6) is 1.38. The van der Waals surface area contributed by atoms with Crippen LogP contribution >= 0.6 is 0 Å². The number of halogens is 2. The molecule has 3 aromatic rings. The maximum Gasteiger partial charge on any atom is 0.387 e. The Hall–Kier alpha value is -4.34. The summed E-state index contributed by atoms with van der Waals surface area (Å²) in [6, 6.07) is 16.5. The SMILES string of the molecule is COc1ccc(-c2cc(NC(=O)CON=C(C)c3ccc4c(c3)OCO4)ccc2OC(F)F)cc1. The van der Waals surface area contributed by atoms with Gasteiger partial charge < -0.3 is 29.1 Å². The number of carbonyl (C=O) groups excluding carboxylic acids is 1. The van der Waals surface area contributed by atoms with Crippen molar-refractivity contribution >= 4 is 17.3 Å². The van der Waals surface area contributed by atoms with Gasteiger partial charge in [0.2, 0.25) is 6.79 Å². The first kappa shape index (κ1) is 23.8. The molecule has 1 aliphatic heterocycles. The zero-order valence-electron chi connectivity index (χ0n) is 18.9. The molecule has 0 bridgehead atoms. The minimum absolute atomic E-state index is 0.0247. The van der Waals surface area contributed by atoms with E-state index in [9.17, 15) is 13.6 Å². The number of oxime groups is 1. The van der Waals surface area contributed by atoms with Crippen LogP contribution in [0.4, 0.5) is 14.5 Å². The minimum Gasteiger partial charge on any atom is -0.497 e. The molecular formula is C25H22F2N2O6. The summed E-state index contributed by atoms with van der Waals surface area (Å²) in [7, 11) is 1.53. The van der Waals surface area contributed by atoms with Crippen LogP contribution in [0, 0.1) is 0 Å². The van der Waals surface area contributed by atoms with E-state index in [1.54, 1.807) is 55.5 Å². The molecule has 0 saturated carbocycles. The van der Waals surface area contributed by atoms with E-state index in [2.05, 4.69) is 15.2 Å². The Morgan fingerprint density at radius 2 is 1.83 bits per heavy atom. The van der Waals surface area contributed by atoms with Crippen molar-refractivity contribution in [2.75, 3.05) is 25.8 Å². The monoisotopic (exact) mass is 484 g/mol. The Balaban J connectivity index is 1.42. The van der Waals surface area contributed by atoms with Crippen LogP contribution in [0.5, 0.6) is 23.0 Å². The fourth-order valence-corrected chi connectivity index (χ4v) is 3.36. The number of methoxy groups -OCH3 is 1. The first-order chi connectivity index (χ1) is 16.9. The molecule has 4 rings (SSSR count). The van der Waals surface area contributed by atoms with Gasteiger partial charge in [0, 0.05) is 16.8 Å². The number of fused-ring (bicyclic) bond motifs is 1. The molecule has 0 fully saturated rings. The molecule has 1 aliphatic rings. The maximum absolute atomic E-state index is 12.9. The van der Waals surface area contributed by atoms with Crippen molar-refractivity contribution in [2.24, 2.45) is 5.16 Å². The van der Waals surface area contributed by atoms with Crippen molar-refractivity contribution in [1.29, 1.82) is 0 Å². The molecule has 10 heteroatoms. The van der Waals surface area contributed by atoms with Crippen LogP contribution in [0.3, 0.4) is 0 Å². The van der Waals surface area contributed by atoms with Crippen molar-refractivity contribution in [1.82, 2.24) is 0 Å². The van der Waals surface area contributed by atoms with Crippen molar-refractivity contribution in [3.8, 4) is 34.1 Å². The Morgan fingerprint density at radius 1 is 1.06 bits per heavy atom. The number of rotatable bonds is 9. The number of nitrogens with zero attached hydrogens (tertiary/aromatic N) is 1. The second-order valence-corrected chi connectivity index (χ2v) is 7.38. The van der Waals surface area contributed by atoms with Gasteiger partial charge in [0.15, 0.2) is 18.1 Å². The highest BCUT2D eigenvalue weighted by molar-refractivity contribution is 5.99. The normalized spacial score (nSPS) is 12.4. The Labute approximate surface area is 200 Å². The number of hydrogen-bond acceptors (Lipinski definition) is 7. The van der Waals surface area contributed by atoms with Gasteiger partial charge in [-0.2, -0.15) is 8.78 Å². The predicted octanol–water partition coefficient (Wildman–Crippen LogP) is 5.07. The molecule has 3 aromatic carbocycles. The van der Waals surface area contributed by atoms with Crippen LogP contribution in [0.1, 0.15) is 12.5 Å². The third-order valence-electron chi connectivity index (χ3n) is 5.07. The highest BCUT2D eigenvalue weighted by atomic mass is 19.3. The number of alkyl halides is 2.